The van der Waals surface area contributed by atoms with Gasteiger partial charge in [-0.2, -0.15) is 13.2 Å². The Balaban J connectivity index is 0.824. The molecular formula is C42H45F3N8O6S. The summed E-state index contributed by atoms with van der Waals surface area (Å²) in [5, 5.41) is 24.7. The van der Waals surface area contributed by atoms with E-state index in [0.29, 0.717) is 45.8 Å². The number of hydrogen-bond acceptors (Lipinski definition) is 12. The molecule has 1 aliphatic carbocycles. The van der Waals surface area contributed by atoms with E-state index in [1.807, 2.05) is 0 Å². The average Bonchev–Trinajstić information content (AvgIpc) is 3.83. The molecule has 1 atom stereocenters. The van der Waals surface area contributed by atoms with E-state index in [9.17, 15) is 37.5 Å². The molecule has 1 saturated carbocycles. The van der Waals surface area contributed by atoms with Gasteiger partial charge in [-0.15, -0.1) is 11.3 Å². The maximum absolute atomic E-state index is 13.3. The van der Waals surface area contributed by atoms with Crippen molar-refractivity contribution in [2.45, 2.75) is 76.0 Å². The molecule has 2 aromatic carbocycles. The predicted molar refractivity (Wildman–Crippen MR) is 217 cm³/mol. The molecule has 3 fully saturated rings. The van der Waals surface area contributed by atoms with Crippen molar-refractivity contribution in [3.8, 4) is 0 Å². The zero-order valence-electron chi connectivity index (χ0n) is 33.1. The van der Waals surface area contributed by atoms with Crippen LogP contribution < -0.4 is 16.0 Å². The number of fused-ring (bicyclic) bond motifs is 2. The molecule has 2 aliphatic heterocycles. The van der Waals surface area contributed by atoms with Crippen molar-refractivity contribution in [2.75, 3.05) is 49.9 Å². The van der Waals surface area contributed by atoms with Crippen LogP contribution >= 0.6 is 11.3 Å². The van der Waals surface area contributed by atoms with Gasteiger partial charge in [0, 0.05) is 61.7 Å². The highest BCUT2D eigenvalue weighted by Gasteiger charge is 2.35. The summed E-state index contributed by atoms with van der Waals surface area (Å²) in [5.74, 6) is -1.50. The zero-order valence-corrected chi connectivity index (χ0v) is 33.9. The molecule has 316 valence electrons. The number of piperazine rings is 1. The summed E-state index contributed by atoms with van der Waals surface area (Å²) in [6, 6.07) is 11.9. The Morgan fingerprint density at radius 2 is 1.67 bits per heavy atom. The minimum absolute atomic E-state index is 0.173. The number of pyridine rings is 1. The highest BCUT2D eigenvalue weighted by atomic mass is 32.1. The van der Waals surface area contributed by atoms with Gasteiger partial charge in [-0.3, -0.25) is 29.4 Å². The van der Waals surface area contributed by atoms with E-state index in [0.717, 1.165) is 80.2 Å². The number of hydrogen-bond donors (Lipinski definition) is 4. The highest BCUT2D eigenvalue weighted by molar-refractivity contribution is 7.18. The van der Waals surface area contributed by atoms with Gasteiger partial charge in [0.15, 0.2) is 5.58 Å². The molecule has 8 rings (SSSR count). The lowest BCUT2D eigenvalue weighted by atomic mass is 9.82. The first-order valence-electron chi connectivity index (χ1n) is 20.1. The number of anilines is 2. The first kappa shape index (κ1) is 41.4. The van der Waals surface area contributed by atoms with E-state index in [1.165, 1.54) is 17.4 Å². The van der Waals surface area contributed by atoms with Gasteiger partial charge in [0.1, 0.15) is 17.1 Å². The normalized spacial score (nSPS) is 21.0. The lowest BCUT2D eigenvalue weighted by molar-refractivity contribution is -0.141. The van der Waals surface area contributed by atoms with Crippen LogP contribution in [0.1, 0.15) is 96.7 Å². The molecule has 3 aliphatic rings. The van der Waals surface area contributed by atoms with E-state index in [-0.39, 0.29) is 42.1 Å². The second-order valence-corrected chi connectivity index (χ2v) is 17.5. The number of para-hydroxylation sites is 1. The Bertz CT molecular complexity index is 2450. The Kier molecular flexibility index (Phi) is 11.5. The van der Waals surface area contributed by atoms with Crippen molar-refractivity contribution in [1.82, 2.24) is 30.2 Å². The number of nitrogens with one attached hydrogen (secondary N) is 3. The number of thiazole rings is 1. The largest absolute Gasteiger partial charge is 0.433 e. The average molecular weight is 847 g/mol. The van der Waals surface area contributed by atoms with Crippen molar-refractivity contribution in [3.05, 3.63) is 76.2 Å². The van der Waals surface area contributed by atoms with Gasteiger partial charge in [-0.1, -0.05) is 17.3 Å². The SMILES string of the molecule is CC(C)(O)c1cc2nc(C3CCC(CN4CCN(CC(=O)Nc5cccc6c(C7CCC(=O)NC7=O)noc56)CC4)CC3)sc2cc1NC(=O)c1cccc(C(F)(F)F)n1. The molecule has 4 amide bonds. The fourth-order valence-corrected chi connectivity index (χ4v) is 9.60. The monoisotopic (exact) mass is 846 g/mol. The number of halogens is 3. The second kappa shape index (κ2) is 16.6. The van der Waals surface area contributed by atoms with Gasteiger partial charge in [0.25, 0.3) is 5.91 Å². The predicted octanol–water partition coefficient (Wildman–Crippen LogP) is 6.38. The summed E-state index contributed by atoms with van der Waals surface area (Å²) < 4.78 is 46.1. The molecule has 18 heteroatoms. The van der Waals surface area contributed by atoms with E-state index in [2.05, 4.69) is 35.9 Å². The summed E-state index contributed by atoms with van der Waals surface area (Å²) >= 11 is 1.53. The van der Waals surface area contributed by atoms with Gasteiger partial charge in [-0.25, -0.2) is 9.97 Å². The van der Waals surface area contributed by atoms with Gasteiger partial charge in [0.05, 0.1) is 39.0 Å². The van der Waals surface area contributed by atoms with E-state index >= 15 is 0 Å². The Morgan fingerprint density at radius 1 is 0.933 bits per heavy atom. The number of piperidine rings is 1. The van der Waals surface area contributed by atoms with Gasteiger partial charge < -0.3 is 25.2 Å². The number of imide groups is 1. The van der Waals surface area contributed by atoms with Crippen LogP contribution in [0.5, 0.6) is 0 Å². The Labute approximate surface area is 346 Å². The van der Waals surface area contributed by atoms with Crippen LogP contribution in [0.15, 0.2) is 53.1 Å². The first-order chi connectivity index (χ1) is 28.6. The minimum atomic E-state index is -4.70. The molecule has 5 heterocycles. The zero-order chi connectivity index (χ0) is 42.3. The topological polar surface area (TPSA) is 183 Å². The lowest BCUT2D eigenvalue weighted by Crippen LogP contribution is -2.49. The summed E-state index contributed by atoms with van der Waals surface area (Å²) in [6.07, 6.45) is -0.0927. The van der Waals surface area contributed by atoms with Crippen LogP contribution in [0, 0.1) is 5.92 Å². The number of carbonyl (C=O) groups is 4. The summed E-state index contributed by atoms with van der Waals surface area (Å²) in [5.41, 5.74) is -0.251. The fraction of sp³-hybridized carbons (Fsp3) is 0.452. The number of amides is 4. The van der Waals surface area contributed by atoms with Crippen LogP contribution in [0.3, 0.4) is 0 Å². The molecule has 0 bridgehead atoms. The molecule has 5 aromatic rings. The first-order valence-corrected chi connectivity index (χ1v) is 20.9. The number of carbonyl (C=O) groups excluding carboxylic acids is 4. The van der Waals surface area contributed by atoms with Gasteiger partial charge >= 0.3 is 6.18 Å². The number of benzene rings is 2. The Morgan fingerprint density at radius 3 is 2.38 bits per heavy atom. The van der Waals surface area contributed by atoms with Gasteiger partial charge in [-0.05, 0) is 88.3 Å². The van der Waals surface area contributed by atoms with Crippen molar-refractivity contribution < 1.29 is 42.0 Å². The molecule has 0 radical (unpaired) electrons. The van der Waals surface area contributed by atoms with Crippen LogP contribution in [0.25, 0.3) is 21.2 Å². The quantitative estimate of drug-likeness (QED) is 0.115. The van der Waals surface area contributed by atoms with Crippen LogP contribution in [0.4, 0.5) is 24.5 Å². The van der Waals surface area contributed by atoms with Crippen LogP contribution in [-0.2, 0) is 26.2 Å². The van der Waals surface area contributed by atoms with E-state index < -0.39 is 35.2 Å². The van der Waals surface area contributed by atoms with Crippen LogP contribution in [-0.4, -0.2) is 92.9 Å². The number of rotatable bonds is 10. The molecule has 3 aromatic heterocycles. The molecule has 60 heavy (non-hydrogen) atoms. The smallest absolute Gasteiger partial charge is 0.386 e. The maximum atomic E-state index is 13.3. The minimum Gasteiger partial charge on any atom is -0.386 e. The van der Waals surface area contributed by atoms with Crippen molar-refractivity contribution in [2.24, 2.45) is 5.92 Å². The summed E-state index contributed by atoms with van der Waals surface area (Å²) in [7, 11) is 0. The standard InChI is InChI=1S/C42H45F3N8O6S/c1-41(2,58)27-19-31-32(20-30(27)48-39(57)29-7-4-8-33(46-29)42(43,44)45)60-40(49-31)24-11-9-23(10-12-24)21-52-15-17-53(18-16-52)22-35(55)47-28-6-3-5-25-36(51-59-37(25)28)26-13-14-34(54)50-38(26)56/h3-8,19-20,23-24,26,58H,9-18,21-22H2,1-2H3,(H,47,55)(H,48,57)(H,50,54,56). The maximum Gasteiger partial charge on any atom is 0.433 e. The number of aromatic nitrogens is 3. The van der Waals surface area contributed by atoms with E-state index in [4.69, 9.17) is 9.51 Å². The second-order valence-electron chi connectivity index (χ2n) is 16.4. The molecular weight excluding hydrogens is 802 g/mol. The Hall–Kier alpha value is -5.30. The van der Waals surface area contributed by atoms with Crippen molar-refractivity contribution in [3.63, 3.8) is 0 Å². The molecule has 2 saturated heterocycles. The third kappa shape index (κ3) is 9.06. The van der Waals surface area contributed by atoms with E-state index in [1.54, 1.807) is 44.2 Å². The molecule has 4 N–H and O–H groups in total. The lowest BCUT2D eigenvalue weighted by Gasteiger charge is -2.37. The van der Waals surface area contributed by atoms with Crippen LogP contribution in [0.2, 0.25) is 0 Å². The number of aliphatic hydroxyl groups is 1. The fourth-order valence-electron chi connectivity index (χ4n) is 8.45. The summed E-state index contributed by atoms with van der Waals surface area (Å²) in [4.78, 5) is 63.3. The van der Waals surface area contributed by atoms with Crippen molar-refractivity contribution in [1.29, 1.82) is 0 Å². The molecule has 14 nitrogen and oxygen atoms in total. The summed E-state index contributed by atoms with van der Waals surface area (Å²) in [6.45, 7) is 7.57. The molecule has 1 unspecified atom stereocenters. The van der Waals surface area contributed by atoms with Crippen molar-refractivity contribution >= 4 is 67.5 Å². The molecule has 0 spiro atoms. The van der Waals surface area contributed by atoms with Gasteiger partial charge in [0.2, 0.25) is 17.7 Å². The highest BCUT2D eigenvalue weighted by Crippen LogP contribution is 2.42. The third-order valence-corrected chi connectivity index (χ3v) is 12.8. The number of nitrogens with zero attached hydrogens (tertiary/aromatic N) is 5. The third-order valence-electron chi connectivity index (χ3n) is 11.6. The number of alkyl halides is 3.